The molecule has 0 spiro atoms. The molecule has 3 N–H and O–H groups in total. The summed E-state index contributed by atoms with van der Waals surface area (Å²) in [4.78, 5) is 27.1. The Labute approximate surface area is 153 Å². The van der Waals surface area contributed by atoms with Crippen molar-refractivity contribution in [3.8, 4) is 17.2 Å². The average Bonchev–Trinajstić information content (AvgIpc) is 2.68. The number of carboxylic acids is 1. The second-order valence-electron chi connectivity index (χ2n) is 5.26. The van der Waals surface area contributed by atoms with Gasteiger partial charge in [-0.15, -0.1) is 0 Å². The molecule has 0 aliphatic rings. The van der Waals surface area contributed by atoms with E-state index in [0.29, 0.717) is 16.9 Å². The van der Waals surface area contributed by atoms with Gasteiger partial charge < -0.3 is 20.3 Å². The SMILES string of the molecule is [2H]Cc1nc(C(=O)NC([2H])([2H])C(=O)O)c(O)c2ccc(Oc3ccccc3)cc12. The van der Waals surface area contributed by atoms with Crippen molar-refractivity contribution in [3.63, 3.8) is 0 Å². The summed E-state index contributed by atoms with van der Waals surface area (Å²) in [5.74, 6) is -2.64. The maximum atomic E-state index is 12.3. The Morgan fingerprint density at radius 1 is 1.19 bits per heavy atom. The van der Waals surface area contributed by atoms with Crippen molar-refractivity contribution >= 4 is 22.6 Å². The predicted octanol–water partition coefficient (Wildman–Crippen LogP) is 2.86. The van der Waals surface area contributed by atoms with Crippen molar-refractivity contribution in [2.24, 2.45) is 0 Å². The van der Waals surface area contributed by atoms with E-state index in [-0.39, 0.29) is 18.0 Å². The Kier molecular flexibility index (Phi) is 3.73. The highest BCUT2D eigenvalue weighted by Crippen LogP contribution is 2.33. The van der Waals surface area contributed by atoms with Crippen LogP contribution < -0.4 is 10.1 Å². The molecule has 0 bridgehead atoms. The van der Waals surface area contributed by atoms with E-state index in [1.165, 1.54) is 6.07 Å². The Hall–Kier alpha value is -3.61. The number of fused-ring (bicyclic) bond motifs is 1. The van der Waals surface area contributed by atoms with Gasteiger partial charge in [0, 0.05) is 17.8 Å². The number of aromatic nitrogens is 1. The monoisotopic (exact) mass is 355 g/mol. The quantitative estimate of drug-likeness (QED) is 0.649. The molecule has 0 atom stereocenters. The fourth-order valence-electron chi connectivity index (χ4n) is 2.36. The number of benzene rings is 2. The molecular weight excluding hydrogens is 336 g/mol. The number of para-hydroxylation sites is 1. The second kappa shape index (κ2) is 7.10. The highest BCUT2D eigenvalue weighted by molar-refractivity contribution is 6.03. The van der Waals surface area contributed by atoms with Crippen molar-refractivity contribution in [1.29, 1.82) is 0 Å². The molecule has 0 saturated heterocycles. The zero-order valence-corrected chi connectivity index (χ0v) is 13.4. The highest BCUT2D eigenvalue weighted by Gasteiger charge is 2.18. The second-order valence-corrected chi connectivity index (χ2v) is 5.26. The zero-order chi connectivity index (χ0) is 21.2. The minimum Gasteiger partial charge on any atom is -0.505 e. The fourth-order valence-corrected chi connectivity index (χ4v) is 2.36. The van der Waals surface area contributed by atoms with Gasteiger partial charge in [0.25, 0.3) is 5.91 Å². The number of carbonyl (C=O) groups is 2. The van der Waals surface area contributed by atoms with E-state index < -0.39 is 29.8 Å². The van der Waals surface area contributed by atoms with Crippen LogP contribution in [0.2, 0.25) is 0 Å². The minimum absolute atomic E-state index is 0.136. The molecule has 0 radical (unpaired) electrons. The predicted molar refractivity (Wildman–Crippen MR) is 94.6 cm³/mol. The summed E-state index contributed by atoms with van der Waals surface area (Å²) >= 11 is 0. The molecular formula is C19H16N2O5. The van der Waals surface area contributed by atoms with Gasteiger partial charge in [-0.2, -0.15) is 0 Å². The molecule has 0 aliphatic carbocycles. The third-order valence-corrected chi connectivity index (χ3v) is 3.51. The molecule has 0 unspecified atom stereocenters. The molecule has 0 fully saturated rings. The number of carbonyl (C=O) groups excluding carboxylic acids is 1. The molecule has 7 heteroatoms. The maximum absolute atomic E-state index is 12.3. The number of hydrogen-bond acceptors (Lipinski definition) is 5. The molecule has 1 amide bonds. The van der Waals surface area contributed by atoms with Gasteiger partial charge in [0.05, 0.1) is 2.74 Å². The summed E-state index contributed by atoms with van der Waals surface area (Å²) in [6.07, 6.45) is 0. The van der Waals surface area contributed by atoms with E-state index >= 15 is 0 Å². The summed E-state index contributed by atoms with van der Waals surface area (Å²) < 4.78 is 28.0. The molecule has 26 heavy (non-hydrogen) atoms. The van der Waals surface area contributed by atoms with Crippen LogP contribution in [0, 0.1) is 6.90 Å². The number of nitrogens with zero attached hydrogens (tertiary/aromatic N) is 1. The number of amides is 1. The van der Waals surface area contributed by atoms with Crippen LogP contribution in [-0.2, 0) is 4.79 Å². The number of aromatic hydroxyl groups is 1. The third kappa shape index (κ3) is 3.56. The van der Waals surface area contributed by atoms with Gasteiger partial charge in [-0.1, -0.05) is 18.2 Å². The summed E-state index contributed by atoms with van der Waals surface area (Å²) in [6, 6.07) is 13.6. The molecule has 132 valence electrons. The summed E-state index contributed by atoms with van der Waals surface area (Å²) in [7, 11) is 0. The lowest BCUT2D eigenvalue weighted by atomic mass is 10.1. The summed E-state index contributed by atoms with van der Waals surface area (Å²) in [5.41, 5.74) is -0.432. The molecule has 3 aromatic rings. The van der Waals surface area contributed by atoms with Crippen molar-refractivity contribution in [2.75, 3.05) is 6.50 Å². The van der Waals surface area contributed by atoms with Crippen LogP contribution in [-0.4, -0.2) is 33.6 Å². The number of aliphatic carboxylic acids is 1. The van der Waals surface area contributed by atoms with Gasteiger partial charge in [-0.25, -0.2) is 4.98 Å². The lowest BCUT2D eigenvalue weighted by Gasteiger charge is -2.12. The van der Waals surface area contributed by atoms with Crippen LogP contribution in [0.25, 0.3) is 10.8 Å². The van der Waals surface area contributed by atoms with Crippen molar-refractivity contribution < 1.29 is 28.7 Å². The molecule has 1 aromatic heterocycles. The number of pyridine rings is 1. The van der Waals surface area contributed by atoms with Gasteiger partial charge >= 0.3 is 5.97 Å². The first-order valence-corrected chi connectivity index (χ1v) is 7.46. The first kappa shape index (κ1) is 13.7. The summed E-state index contributed by atoms with van der Waals surface area (Å²) in [5, 5.41) is 21.5. The van der Waals surface area contributed by atoms with E-state index in [1.54, 1.807) is 41.7 Å². The molecule has 1 heterocycles. The normalized spacial score (nSPS) is 12.7. The zero-order valence-electron chi connectivity index (χ0n) is 16.4. The van der Waals surface area contributed by atoms with Gasteiger partial charge in [-0.05, 0) is 37.2 Å². The van der Waals surface area contributed by atoms with E-state index in [9.17, 15) is 14.7 Å². The number of aryl methyl sites for hydroxylation is 1. The molecule has 7 nitrogen and oxygen atoms in total. The van der Waals surface area contributed by atoms with Crippen LogP contribution >= 0.6 is 0 Å². The molecule has 3 rings (SSSR count). The topological polar surface area (TPSA) is 109 Å². The highest BCUT2D eigenvalue weighted by atomic mass is 16.5. The smallest absolute Gasteiger partial charge is 0.322 e. The van der Waals surface area contributed by atoms with Crippen LogP contribution in [0.1, 0.15) is 20.3 Å². The Morgan fingerprint density at radius 2 is 1.96 bits per heavy atom. The largest absolute Gasteiger partial charge is 0.505 e. The number of carboxylic acid groups (broad SMARTS) is 1. The van der Waals surface area contributed by atoms with E-state index in [4.69, 9.17) is 14.0 Å². The third-order valence-electron chi connectivity index (χ3n) is 3.51. The Morgan fingerprint density at radius 3 is 2.65 bits per heavy atom. The molecule has 0 aliphatic heterocycles. The van der Waals surface area contributed by atoms with Crippen molar-refractivity contribution in [1.82, 2.24) is 10.3 Å². The van der Waals surface area contributed by atoms with Gasteiger partial charge in [0.1, 0.15) is 18.0 Å². The van der Waals surface area contributed by atoms with Crippen molar-refractivity contribution in [3.05, 3.63) is 59.9 Å². The van der Waals surface area contributed by atoms with E-state index in [1.807, 2.05) is 6.07 Å². The number of hydrogen-bond donors (Lipinski definition) is 3. The van der Waals surface area contributed by atoms with Crippen molar-refractivity contribution in [2.45, 2.75) is 6.90 Å². The number of rotatable bonds is 5. The maximum Gasteiger partial charge on any atom is 0.322 e. The van der Waals surface area contributed by atoms with E-state index in [0.717, 1.165) is 0 Å². The first-order valence-electron chi connectivity index (χ1n) is 9.17. The Bertz CT molecular complexity index is 1090. The Balaban J connectivity index is 2.02. The van der Waals surface area contributed by atoms with Gasteiger partial charge in [-0.3, -0.25) is 9.59 Å². The van der Waals surface area contributed by atoms with Gasteiger partial charge in [0.15, 0.2) is 11.4 Å². The number of nitrogens with one attached hydrogen (secondary N) is 1. The van der Waals surface area contributed by atoms with Crippen LogP contribution in [0.3, 0.4) is 0 Å². The lowest BCUT2D eigenvalue weighted by molar-refractivity contribution is -0.135. The number of ether oxygens (including phenoxy) is 1. The fraction of sp³-hybridized carbons (Fsp3) is 0.105. The first-order chi connectivity index (χ1) is 13.7. The molecule has 2 aromatic carbocycles. The van der Waals surface area contributed by atoms with Crippen LogP contribution in [0.15, 0.2) is 48.5 Å². The minimum atomic E-state index is -3.05. The molecule has 0 saturated carbocycles. The average molecular weight is 355 g/mol. The summed E-state index contributed by atoms with van der Waals surface area (Å²) in [6.45, 7) is -3.38. The standard InChI is InChI=1S/C19H16N2O5/c1-11-15-9-13(26-12-5-3-2-4-6-12)7-8-14(15)18(24)17(21-11)19(25)20-10-16(22)23/h2-9,24H,10H2,1H3,(H,20,25)(H,22,23)/i1D,10D2. The van der Waals surface area contributed by atoms with E-state index in [2.05, 4.69) is 4.98 Å². The lowest BCUT2D eigenvalue weighted by Crippen LogP contribution is -2.30. The van der Waals surface area contributed by atoms with Gasteiger partial charge in [0.2, 0.25) is 0 Å². The van der Waals surface area contributed by atoms with Crippen LogP contribution in [0.4, 0.5) is 0 Å². The van der Waals surface area contributed by atoms with Crippen LogP contribution in [0.5, 0.6) is 17.2 Å².